The molecule has 1 aromatic carbocycles. The standard InChI is InChI=1S/C26H25N5S/c1-17-9-8-10-20(15-17)31-25(24(29-26(31)32)22-11-4-6-13-27-22)21-16-18(2)30(19(21)3)23-12-5-7-14-28-23/h4-16,24-25H,1-3H3,(H,29,32)/t24-,25+/m0/s1. The molecule has 0 aliphatic carbocycles. The highest BCUT2D eigenvalue weighted by atomic mass is 32.1. The first kappa shape index (κ1) is 20.4. The molecule has 1 saturated heterocycles. The van der Waals surface area contributed by atoms with Gasteiger partial charge in [-0.25, -0.2) is 4.98 Å². The molecule has 3 aromatic heterocycles. The molecule has 5 rings (SSSR count). The topological polar surface area (TPSA) is 46.0 Å². The fourth-order valence-corrected chi connectivity index (χ4v) is 5.00. The average molecular weight is 440 g/mol. The Kier molecular flexibility index (Phi) is 5.23. The molecule has 0 amide bonds. The van der Waals surface area contributed by atoms with Crippen LogP contribution in [0.15, 0.2) is 79.1 Å². The number of nitrogens with one attached hydrogen (secondary N) is 1. The van der Waals surface area contributed by atoms with Crippen LogP contribution in [0.1, 0.15) is 40.3 Å². The minimum Gasteiger partial charge on any atom is -0.351 e. The summed E-state index contributed by atoms with van der Waals surface area (Å²) in [6, 6.07) is 22.6. The van der Waals surface area contributed by atoms with Gasteiger partial charge in [0.25, 0.3) is 0 Å². The van der Waals surface area contributed by atoms with E-state index >= 15 is 0 Å². The predicted octanol–water partition coefficient (Wildman–Crippen LogP) is 5.37. The van der Waals surface area contributed by atoms with Crippen molar-refractivity contribution in [2.75, 3.05) is 4.90 Å². The Morgan fingerprint density at radius 3 is 2.34 bits per heavy atom. The van der Waals surface area contributed by atoms with Crippen LogP contribution < -0.4 is 10.2 Å². The van der Waals surface area contributed by atoms with E-state index in [9.17, 15) is 0 Å². The Balaban J connectivity index is 1.69. The van der Waals surface area contributed by atoms with E-state index in [0.717, 1.165) is 28.6 Å². The lowest BCUT2D eigenvalue weighted by atomic mass is 9.96. The van der Waals surface area contributed by atoms with Gasteiger partial charge < -0.3 is 14.8 Å². The summed E-state index contributed by atoms with van der Waals surface area (Å²) in [5.41, 5.74) is 6.74. The number of benzene rings is 1. The summed E-state index contributed by atoms with van der Waals surface area (Å²) < 4.78 is 2.21. The normalized spacial score (nSPS) is 18.1. The largest absolute Gasteiger partial charge is 0.351 e. The number of hydrogen-bond acceptors (Lipinski definition) is 3. The molecule has 5 nitrogen and oxygen atoms in total. The van der Waals surface area contributed by atoms with Crippen molar-refractivity contribution < 1.29 is 0 Å². The number of hydrogen-bond donors (Lipinski definition) is 1. The zero-order valence-electron chi connectivity index (χ0n) is 18.4. The number of thiocarbonyl (C=S) groups is 1. The van der Waals surface area contributed by atoms with E-state index in [1.807, 2.05) is 42.7 Å². The second-order valence-electron chi connectivity index (χ2n) is 8.19. The van der Waals surface area contributed by atoms with Crippen molar-refractivity contribution in [3.8, 4) is 5.82 Å². The van der Waals surface area contributed by atoms with Gasteiger partial charge in [0.05, 0.1) is 17.8 Å². The summed E-state index contributed by atoms with van der Waals surface area (Å²) in [6.45, 7) is 6.38. The molecule has 0 bridgehead atoms. The van der Waals surface area contributed by atoms with Crippen molar-refractivity contribution >= 4 is 23.0 Å². The molecule has 0 unspecified atom stereocenters. The Hall–Kier alpha value is -3.51. The quantitative estimate of drug-likeness (QED) is 0.433. The summed E-state index contributed by atoms with van der Waals surface area (Å²) in [4.78, 5) is 11.5. The second kappa shape index (κ2) is 8.20. The van der Waals surface area contributed by atoms with Crippen LogP contribution in [0.4, 0.5) is 5.69 Å². The fraction of sp³-hybridized carbons (Fsp3) is 0.192. The van der Waals surface area contributed by atoms with Gasteiger partial charge in [0, 0.05) is 29.5 Å². The molecular weight excluding hydrogens is 414 g/mol. The Morgan fingerprint density at radius 2 is 1.66 bits per heavy atom. The van der Waals surface area contributed by atoms with Crippen LogP contribution in [-0.2, 0) is 0 Å². The Morgan fingerprint density at radius 1 is 0.875 bits per heavy atom. The van der Waals surface area contributed by atoms with Gasteiger partial charge in [0.15, 0.2) is 5.11 Å². The van der Waals surface area contributed by atoms with Crippen molar-refractivity contribution in [2.45, 2.75) is 32.9 Å². The molecule has 0 radical (unpaired) electrons. The van der Waals surface area contributed by atoms with Crippen molar-refractivity contribution in [1.82, 2.24) is 19.9 Å². The minimum absolute atomic E-state index is 0.0390. The smallest absolute Gasteiger partial charge is 0.174 e. The molecule has 6 heteroatoms. The molecule has 0 spiro atoms. The second-order valence-corrected chi connectivity index (χ2v) is 8.57. The summed E-state index contributed by atoms with van der Waals surface area (Å²) in [5.74, 6) is 0.916. The summed E-state index contributed by atoms with van der Waals surface area (Å²) in [6.07, 6.45) is 3.67. The summed E-state index contributed by atoms with van der Waals surface area (Å²) in [5, 5.41) is 4.26. The van der Waals surface area contributed by atoms with E-state index in [1.54, 1.807) is 0 Å². The average Bonchev–Trinajstić information content (AvgIpc) is 3.30. The lowest BCUT2D eigenvalue weighted by Gasteiger charge is -2.28. The van der Waals surface area contributed by atoms with Crippen LogP contribution in [-0.4, -0.2) is 19.6 Å². The van der Waals surface area contributed by atoms with Gasteiger partial charge in [-0.15, -0.1) is 0 Å². The van der Waals surface area contributed by atoms with Crippen molar-refractivity contribution in [2.24, 2.45) is 0 Å². The van der Waals surface area contributed by atoms with Gasteiger partial charge >= 0.3 is 0 Å². The maximum absolute atomic E-state index is 5.86. The highest BCUT2D eigenvalue weighted by molar-refractivity contribution is 7.80. The third-order valence-electron chi connectivity index (χ3n) is 6.05. The van der Waals surface area contributed by atoms with Crippen molar-refractivity contribution in [3.05, 3.63) is 107 Å². The van der Waals surface area contributed by atoms with E-state index in [1.165, 1.54) is 11.1 Å². The zero-order valence-corrected chi connectivity index (χ0v) is 19.2. The highest BCUT2D eigenvalue weighted by Crippen LogP contribution is 2.43. The van der Waals surface area contributed by atoms with Gasteiger partial charge in [0.1, 0.15) is 5.82 Å². The number of nitrogens with zero attached hydrogens (tertiary/aromatic N) is 4. The maximum atomic E-state index is 5.86. The van der Waals surface area contributed by atoms with E-state index < -0.39 is 0 Å². The highest BCUT2D eigenvalue weighted by Gasteiger charge is 2.42. The SMILES string of the molecule is Cc1cccc(N2C(=S)N[C@@H](c3ccccn3)[C@H]2c2cc(C)n(-c3ccccn3)c2C)c1. The first-order chi connectivity index (χ1) is 15.5. The number of aromatic nitrogens is 3. The molecule has 1 N–H and O–H groups in total. The summed E-state index contributed by atoms with van der Waals surface area (Å²) in [7, 11) is 0. The van der Waals surface area contributed by atoms with E-state index in [-0.39, 0.29) is 12.1 Å². The predicted molar refractivity (Wildman–Crippen MR) is 132 cm³/mol. The third kappa shape index (κ3) is 3.46. The van der Waals surface area contributed by atoms with E-state index in [2.05, 4.69) is 81.9 Å². The van der Waals surface area contributed by atoms with Gasteiger partial charge in [0.2, 0.25) is 0 Å². The van der Waals surface area contributed by atoms with E-state index in [0.29, 0.717) is 5.11 Å². The molecule has 2 atom stereocenters. The van der Waals surface area contributed by atoms with Crippen molar-refractivity contribution in [3.63, 3.8) is 0 Å². The minimum atomic E-state index is -0.0677. The van der Waals surface area contributed by atoms with Gasteiger partial charge in [-0.2, -0.15) is 0 Å². The van der Waals surface area contributed by atoms with Crippen LogP contribution in [0.2, 0.25) is 0 Å². The Labute approximate surface area is 193 Å². The van der Waals surface area contributed by atoms with Crippen LogP contribution in [0.3, 0.4) is 0 Å². The Bertz CT molecular complexity index is 1270. The fourth-order valence-electron chi connectivity index (χ4n) is 4.65. The van der Waals surface area contributed by atoms with Crippen LogP contribution in [0.25, 0.3) is 5.82 Å². The molecule has 4 heterocycles. The molecule has 4 aromatic rings. The van der Waals surface area contributed by atoms with E-state index in [4.69, 9.17) is 12.2 Å². The van der Waals surface area contributed by atoms with Crippen LogP contribution >= 0.6 is 12.2 Å². The van der Waals surface area contributed by atoms with Gasteiger partial charge in [-0.1, -0.05) is 24.3 Å². The molecule has 1 fully saturated rings. The van der Waals surface area contributed by atoms with Gasteiger partial charge in [-0.3, -0.25) is 4.98 Å². The number of pyridine rings is 2. The van der Waals surface area contributed by atoms with Crippen LogP contribution in [0, 0.1) is 20.8 Å². The molecule has 160 valence electrons. The first-order valence-electron chi connectivity index (χ1n) is 10.7. The van der Waals surface area contributed by atoms with Crippen molar-refractivity contribution in [1.29, 1.82) is 0 Å². The van der Waals surface area contributed by atoms with Gasteiger partial charge in [-0.05, 0) is 86.6 Å². The number of aryl methyl sites for hydroxylation is 2. The molecule has 1 aliphatic heterocycles. The lowest BCUT2D eigenvalue weighted by molar-refractivity contribution is 0.565. The number of anilines is 1. The maximum Gasteiger partial charge on any atom is 0.174 e. The molecule has 32 heavy (non-hydrogen) atoms. The third-order valence-corrected chi connectivity index (χ3v) is 6.36. The number of rotatable bonds is 4. The monoisotopic (exact) mass is 439 g/mol. The zero-order chi connectivity index (χ0) is 22.2. The summed E-state index contributed by atoms with van der Waals surface area (Å²) >= 11 is 5.86. The molecular formula is C26H25N5S. The van der Waals surface area contributed by atoms with Crippen LogP contribution in [0.5, 0.6) is 0 Å². The molecule has 0 saturated carbocycles. The lowest BCUT2D eigenvalue weighted by Crippen LogP contribution is -2.29. The first-order valence-corrected chi connectivity index (χ1v) is 11.1. The molecule has 1 aliphatic rings.